The van der Waals surface area contributed by atoms with Gasteiger partial charge in [0.1, 0.15) is 5.75 Å². The van der Waals surface area contributed by atoms with Crippen LogP contribution in [0.3, 0.4) is 0 Å². The highest BCUT2D eigenvalue weighted by Crippen LogP contribution is 2.70. The maximum Gasteiger partial charge on any atom is 0.345 e. The molecular formula is C15H26O7P2. The maximum absolute atomic E-state index is 11.7. The fourth-order valence-electron chi connectivity index (χ4n) is 2.53. The van der Waals surface area contributed by atoms with E-state index < -0.39 is 31.4 Å². The van der Waals surface area contributed by atoms with E-state index in [4.69, 9.17) is 0 Å². The molecule has 0 saturated carbocycles. The van der Waals surface area contributed by atoms with Gasteiger partial charge in [0.15, 0.2) is 5.40 Å². The summed E-state index contributed by atoms with van der Waals surface area (Å²) < 4.78 is 23.5. The fourth-order valence-corrected chi connectivity index (χ4v) is 5.18. The van der Waals surface area contributed by atoms with Gasteiger partial charge in [0, 0.05) is 0 Å². The van der Waals surface area contributed by atoms with Gasteiger partial charge >= 0.3 is 15.2 Å². The van der Waals surface area contributed by atoms with Gasteiger partial charge in [-0.25, -0.2) is 0 Å². The second-order valence-corrected chi connectivity index (χ2v) is 11.8. The zero-order chi connectivity index (χ0) is 19.3. The van der Waals surface area contributed by atoms with Crippen LogP contribution in [0.2, 0.25) is 0 Å². The molecule has 1 aromatic carbocycles. The highest BCUT2D eigenvalue weighted by Gasteiger charge is 2.45. The van der Waals surface area contributed by atoms with Crippen LogP contribution in [0.4, 0.5) is 0 Å². The lowest BCUT2D eigenvalue weighted by atomic mass is 9.78. The van der Waals surface area contributed by atoms with Crippen molar-refractivity contribution in [3.63, 3.8) is 0 Å². The van der Waals surface area contributed by atoms with E-state index in [1.165, 1.54) is 12.1 Å². The highest BCUT2D eigenvalue weighted by atomic mass is 31.2. The Kier molecular flexibility index (Phi) is 5.55. The first kappa shape index (κ1) is 21.4. The van der Waals surface area contributed by atoms with Crippen LogP contribution in [0.15, 0.2) is 12.1 Å². The molecule has 0 aromatic heterocycles. The Morgan fingerprint density at radius 1 is 0.792 bits per heavy atom. The van der Waals surface area contributed by atoms with E-state index in [9.17, 15) is 33.8 Å². The monoisotopic (exact) mass is 380 g/mol. The van der Waals surface area contributed by atoms with Crippen molar-refractivity contribution in [3.8, 4) is 5.75 Å². The number of aromatic hydroxyl groups is 1. The lowest BCUT2D eigenvalue weighted by molar-refractivity contribution is 0.339. The Morgan fingerprint density at radius 3 is 1.29 bits per heavy atom. The van der Waals surface area contributed by atoms with Gasteiger partial charge < -0.3 is 24.7 Å². The molecule has 0 amide bonds. The van der Waals surface area contributed by atoms with Crippen molar-refractivity contribution in [2.45, 2.75) is 57.8 Å². The summed E-state index contributed by atoms with van der Waals surface area (Å²) in [5.74, 6) is -0.0334. The molecule has 7 nitrogen and oxygen atoms in total. The van der Waals surface area contributed by atoms with Crippen molar-refractivity contribution in [3.05, 3.63) is 28.8 Å². The molecule has 0 spiro atoms. The van der Waals surface area contributed by atoms with Crippen LogP contribution in [0, 0.1) is 0 Å². The predicted octanol–water partition coefficient (Wildman–Crippen LogP) is 3.34. The van der Waals surface area contributed by atoms with E-state index in [1.54, 1.807) is 41.5 Å². The molecule has 0 saturated heterocycles. The zero-order valence-electron chi connectivity index (χ0n) is 14.7. The topological polar surface area (TPSA) is 135 Å². The van der Waals surface area contributed by atoms with Gasteiger partial charge in [0.05, 0.1) is 0 Å². The third kappa shape index (κ3) is 4.69. The Bertz CT molecular complexity index is 659. The Labute approximate surface area is 142 Å². The van der Waals surface area contributed by atoms with Crippen LogP contribution >= 0.6 is 15.2 Å². The van der Waals surface area contributed by atoms with Crippen LogP contribution in [0.5, 0.6) is 5.75 Å². The summed E-state index contributed by atoms with van der Waals surface area (Å²) in [6.07, 6.45) is 0. The third-order valence-corrected chi connectivity index (χ3v) is 7.36. The highest BCUT2D eigenvalue weighted by molar-refractivity contribution is 7.70. The molecule has 0 fully saturated rings. The molecule has 24 heavy (non-hydrogen) atoms. The molecule has 0 radical (unpaired) electrons. The molecule has 0 aliphatic rings. The zero-order valence-corrected chi connectivity index (χ0v) is 16.5. The lowest BCUT2D eigenvalue weighted by Crippen LogP contribution is -2.18. The molecule has 0 unspecified atom stereocenters. The van der Waals surface area contributed by atoms with E-state index in [-0.39, 0.29) is 11.3 Å². The Balaban J connectivity index is 3.90. The first-order valence-electron chi connectivity index (χ1n) is 7.35. The average Bonchev–Trinajstić information content (AvgIpc) is 2.24. The first-order valence-corrected chi connectivity index (χ1v) is 10.7. The summed E-state index contributed by atoms with van der Waals surface area (Å²) in [5.41, 5.74) is -0.610. The van der Waals surface area contributed by atoms with Gasteiger partial charge in [-0.05, 0) is 39.7 Å². The minimum absolute atomic E-state index is 0.0334. The molecule has 138 valence electrons. The van der Waals surface area contributed by atoms with Crippen molar-refractivity contribution in [1.29, 1.82) is 0 Å². The average molecular weight is 380 g/mol. The van der Waals surface area contributed by atoms with Crippen molar-refractivity contribution in [2.24, 2.45) is 0 Å². The summed E-state index contributed by atoms with van der Waals surface area (Å²) in [6, 6.07) is 2.54. The van der Waals surface area contributed by atoms with Crippen LogP contribution < -0.4 is 0 Å². The number of hydrogen-bond acceptors (Lipinski definition) is 3. The maximum atomic E-state index is 11.7. The third-order valence-electron chi connectivity index (χ3n) is 3.68. The first-order chi connectivity index (χ1) is 10.4. The normalized spacial score (nSPS) is 14.3. The largest absolute Gasteiger partial charge is 0.507 e. The number of phenols is 1. The van der Waals surface area contributed by atoms with E-state index >= 15 is 0 Å². The number of rotatable bonds is 3. The van der Waals surface area contributed by atoms with E-state index in [1.807, 2.05) is 0 Å². The molecule has 1 rings (SSSR count). The van der Waals surface area contributed by atoms with Crippen molar-refractivity contribution < 1.29 is 33.8 Å². The summed E-state index contributed by atoms with van der Waals surface area (Å²) in [5, 5.41) is 8.33. The minimum Gasteiger partial charge on any atom is -0.507 e. The molecule has 9 heteroatoms. The molecule has 0 aliphatic carbocycles. The number of hydrogen-bond donors (Lipinski definition) is 5. The summed E-state index contributed by atoms with van der Waals surface area (Å²) in [4.78, 5) is 37.9. The van der Waals surface area contributed by atoms with Crippen LogP contribution in [0.1, 0.15) is 63.6 Å². The molecule has 0 heterocycles. The SMILES string of the molecule is CC(C)(C)c1cc(C(P(=O)(O)O)P(=O)(O)O)cc(C(C)(C)C)c1O. The summed E-state index contributed by atoms with van der Waals surface area (Å²) >= 11 is 0. The lowest BCUT2D eigenvalue weighted by Gasteiger charge is -2.30. The van der Waals surface area contributed by atoms with Crippen molar-refractivity contribution in [2.75, 3.05) is 0 Å². The van der Waals surface area contributed by atoms with Gasteiger partial charge in [-0.3, -0.25) is 9.13 Å². The van der Waals surface area contributed by atoms with Crippen LogP contribution in [-0.2, 0) is 20.0 Å². The smallest absolute Gasteiger partial charge is 0.345 e. The molecule has 0 atom stereocenters. The minimum atomic E-state index is -5.12. The summed E-state index contributed by atoms with van der Waals surface area (Å²) in [7, 11) is -10.2. The molecular weight excluding hydrogens is 354 g/mol. The van der Waals surface area contributed by atoms with Crippen LogP contribution in [0.25, 0.3) is 0 Å². The van der Waals surface area contributed by atoms with Crippen LogP contribution in [-0.4, -0.2) is 24.7 Å². The Hall–Kier alpha value is -0.680. The van der Waals surface area contributed by atoms with E-state index in [0.29, 0.717) is 11.1 Å². The van der Waals surface area contributed by atoms with E-state index in [2.05, 4.69) is 0 Å². The van der Waals surface area contributed by atoms with Crippen molar-refractivity contribution >= 4 is 15.2 Å². The molecule has 5 N–H and O–H groups in total. The predicted molar refractivity (Wildman–Crippen MR) is 92.3 cm³/mol. The van der Waals surface area contributed by atoms with Crippen molar-refractivity contribution in [1.82, 2.24) is 0 Å². The quantitative estimate of drug-likeness (QED) is 0.508. The molecule has 0 aliphatic heterocycles. The van der Waals surface area contributed by atoms with Gasteiger partial charge in [-0.15, -0.1) is 0 Å². The number of phenolic OH excluding ortho intramolecular Hbond substituents is 1. The van der Waals surface area contributed by atoms with Gasteiger partial charge in [0.25, 0.3) is 0 Å². The Morgan fingerprint density at radius 2 is 1.08 bits per heavy atom. The standard InChI is InChI=1S/C15H26O7P2/c1-14(2,3)10-7-9(8-11(12(10)16)15(4,5)6)13(23(17,18)19)24(20,21)22/h7-8,13,16H,1-6H3,(H2,17,18,19)(H2,20,21,22). The fraction of sp³-hybridized carbons (Fsp3) is 0.600. The number of benzene rings is 1. The summed E-state index contributed by atoms with van der Waals surface area (Å²) in [6.45, 7) is 10.8. The van der Waals surface area contributed by atoms with Gasteiger partial charge in [0.2, 0.25) is 0 Å². The second-order valence-electron chi connectivity index (χ2n) is 8.02. The molecule has 0 bridgehead atoms. The van der Waals surface area contributed by atoms with Gasteiger partial charge in [-0.1, -0.05) is 41.5 Å². The second kappa shape index (κ2) is 6.24. The van der Waals surface area contributed by atoms with E-state index in [0.717, 1.165) is 0 Å². The van der Waals surface area contributed by atoms with Gasteiger partial charge in [-0.2, -0.15) is 0 Å². The molecule has 1 aromatic rings.